The molecule has 12 atom stereocenters. The molecule has 1 saturated carbocycles. The van der Waals surface area contributed by atoms with Crippen molar-refractivity contribution in [1.82, 2.24) is 5.32 Å². The standard InChI is InChI=1S/C32H44N2O11/c1-3-20-12-13-22(34-32(38)40-17-19-9-5-4-6-10-19)30(41-20)44-27-18(2)15-21(33)25(36)29(27)45-31-26(37)28(23(16-35)42-31)43-24-11-7-8-14-39-24/h3-10,12-13,18,21-31,35-37H,11,14-17,33H2,1-2H3,(H,34,38). The normalized spacial score (nSPS) is 39.0. The predicted octanol–water partition coefficient (Wildman–Crippen LogP) is 1.36. The maximum absolute atomic E-state index is 12.7. The second-order valence-corrected chi connectivity index (χ2v) is 11.6. The van der Waals surface area contributed by atoms with Gasteiger partial charge in [-0.2, -0.15) is 0 Å². The number of ether oxygens (including phenoxy) is 7. The quantitative estimate of drug-likeness (QED) is 0.234. The first-order chi connectivity index (χ1) is 21.8. The van der Waals surface area contributed by atoms with Gasteiger partial charge in [0.05, 0.1) is 25.4 Å². The first kappa shape index (κ1) is 33.5. The third kappa shape index (κ3) is 8.30. The molecule has 45 heavy (non-hydrogen) atoms. The second kappa shape index (κ2) is 15.6. The Hall–Kier alpha value is -2.85. The number of hydrogen-bond acceptors (Lipinski definition) is 12. The molecule has 6 N–H and O–H groups in total. The Bertz CT molecular complexity index is 1200. The van der Waals surface area contributed by atoms with Gasteiger partial charge >= 0.3 is 6.09 Å². The summed E-state index contributed by atoms with van der Waals surface area (Å²) in [4.78, 5) is 12.7. The van der Waals surface area contributed by atoms with Crippen molar-refractivity contribution < 1.29 is 53.3 Å². The average Bonchev–Trinajstić information content (AvgIpc) is 3.35. The first-order valence-electron chi connectivity index (χ1n) is 15.4. The lowest BCUT2D eigenvalue weighted by atomic mass is 9.80. The van der Waals surface area contributed by atoms with Gasteiger partial charge in [-0.05, 0) is 37.0 Å². The van der Waals surface area contributed by atoms with Gasteiger partial charge < -0.3 is 59.5 Å². The molecule has 1 saturated heterocycles. The van der Waals surface area contributed by atoms with Crippen molar-refractivity contribution in [2.75, 3.05) is 13.2 Å². The molecule has 1 amide bonds. The van der Waals surface area contributed by atoms with Crippen LogP contribution >= 0.6 is 0 Å². The van der Waals surface area contributed by atoms with Gasteiger partial charge in [-0.3, -0.25) is 0 Å². The third-order valence-electron chi connectivity index (χ3n) is 8.33. The molecule has 0 spiro atoms. The molecule has 0 radical (unpaired) electrons. The molecule has 13 heteroatoms. The molecule has 0 bridgehead atoms. The number of hydrogen-bond donors (Lipinski definition) is 5. The van der Waals surface area contributed by atoms with E-state index in [9.17, 15) is 20.1 Å². The average molecular weight is 633 g/mol. The predicted molar refractivity (Wildman–Crippen MR) is 159 cm³/mol. The van der Waals surface area contributed by atoms with Crippen LogP contribution in [0.5, 0.6) is 0 Å². The Labute approximate surface area is 262 Å². The molecular weight excluding hydrogens is 588 g/mol. The Morgan fingerprint density at radius 1 is 1.07 bits per heavy atom. The number of nitrogens with one attached hydrogen (secondary N) is 1. The zero-order chi connectivity index (χ0) is 31.9. The van der Waals surface area contributed by atoms with E-state index in [1.165, 1.54) is 0 Å². The smallest absolute Gasteiger partial charge is 0.408 e. The summed E-state index contributed by atoms with van der Waals surface area (Å²) in [6.07, 6.45) is 0.108. The van der Waals surface area contributed by atoms with Gasteiger partial charge in [-0.1, -0.05) is 55.5 Å². The van der Waals surface area contributed by atoms with Crippen LogP contribution in [0.15, 0.2) is 66.5 Å². The second-order valence-electron chi connectivity index (χ2n) is 11.6. The third-order valence-corrected chi connectivity index (χ3v) is 8.33. The van der Waals surface area contributed by atoms with Gasteiger partial charge in [0.25, 0.3) is 0 Å². The number of aliphatic hydroxyl groups excluding tert-OH is 3. The number of benzene rings is 1. The largest absolute Gasteiger partial charge is 0.463 e. The van der Waals surface area contributed by atoms with E-state index in [4.69, 9.17) is 38.9 Å². The summed E-state index contributed by atoms with van der Waals surface area (Å²) in [5, 5.41) is 35.1. The van der Waals surface area contributed by atoms with Gasteiger partial charge in [0.1, 0.15) is 42.8 Å². The zero-order valence-electron chi connectivity index (χ0n) is 25.4. The molecule has 12 unspecified atom stereocenters. The molecule has 1 aromatic rings. The fourth-order valence-corrected chi connectivity index (χ4v) is 5.88. The number of aliphatic hydroxyl groups is 3. The summed E-state index contributed by atoms with van der Waals surface area (Å²) < 4.78 is 41.5. The fourth-order valence-electron chi connectivity index (χ4n) is 5.88. The monoisotopic (exact) mass is 632 g/mol. The van der Waals surface area contributed by atoms with Crippen LogP contribution in [0, 0.1) is 5.92 Å². The van der Waals surface area contributed by atoms with E-state index in [1.54, 1.807) is 25.2 Å². The van der Waals surface area contributed by atoms with Crippen molar-refractivity contribution in [3.8, 4) is 0 Å². The summed E-state index contributed by atoms with van der Waals surface area (Å²) in [6.45, 7) is 3.73. The van der Waals surface area contributed by atoms with Crippen molar-refractivity contribution in [2.45, 2.75) is 101 Å². The van der Waals surface area contributed by atoms with E-state index in [0.717, 1.165) is 5.56 Å². The Morgan fingerprint density at radius 2 is 1.84 bits per heavy atom. The van der Waals surface area contributed by atoms with Crippen molar-refractivity contribution in [3.63, 3.8) is 0 Å². The van der Waals surface area contributed by atoms with Crippen molar-refractivity contribution in [2.24, 2.45) is 11.7 Å². The molecule has 1 aliphatic carbocycles. The molecule has 13 nitrogen and oxygen atoms in total. The zero-order valence-corrected chi connectivity index (χ0v) is 25.4. The van der Waals surface area contributed by atoms with Gasteiger partial charge in [-0.15, -0.1) is 0 Å². The molecule has 1 aromatic carbocycles. The number of carbonyl (C=O) groups is 1. The number of carbonyl (C=O) groups excluding carboxylic acids is 1. The van der Waals surface area contributed by atoms with Gasteiger partial charge in [0, 0.05) is 12.5 Å². The van der Waals surface area contributed by atoms with E-state index >= 15 is 0 Å². The Balaban J connectivity index is 1.28. The Kier molecular flexibility index (Phi) is 11.6. The van der Waals surface area contributed by atoms with Crippen LogP contribution in [0.25, 0.3) is 0 Å². The molecule has 4 aliphatic rings. The van der Waals surface area contributed by atoms with Gasteiger partial charge in [0.15, 0.2) is 12.6 Å². The van der Waals surface area contributed by atoms with E-state index in [0.29, 0.717) is 25.2 Å². The van der Waals surface area contributed by atoms with Crippen LogP contribution in [-0.4, -0.2) is 102 Å². The molecule has 5 rings (SSSR count). The van der Waals surface area contributed by atoms with Crippen molar-refractivity contribution in [3.05, 3.63) is 72.0 Å². The van der Waals surface area contributed by atoms with E-state index in [2.05, 4.69) is 5.32 Å². The highest BCUT2D eigenvalue weighted by atomic mass is 16.8. The molecule has 2 fully saturated rings. The molecule has 248 valence electrons. The van der Waals surface area contributed by atoms with E-state index in [-0.39, 0.29) is 12.5 Å². The minimum Gasteiger partial charge on any atom is -0.463 e. The summed E-state index contributed by atoms with van der Waals surface area (Å²) in [7, 11) is 0. The number of allylic oxidation sites excluding steroid dienone is 2. The maximum atomic E-state index is 12.7. The lowest BCUT2D eigenvalue weighted by Crippen LogP contribution is -2.61. The number of rotatable bonds is 10. The van der Waals surface area contributed by atoms with Crippen LogP contribution in [0.2, 0.25) is 0 Å². The van der Waals surface area contributed by atoms with Crippen LogP contribution in [-0.2, 0) is 39.8 Å². The molecule has 3 aliphatic heterocycles. The highest BCUT2D eigenvalue weighted by Crippen LogP contribution is 2.35. The summed E-state index contributed by atoms with van der Waals surface area (Å²) in [6, 6.07) is 7.91. The van der Waals surface area contributed by atoms with Crippen molar-refractivity contribution in [1.29, 1.82) is 0 Å². The minimum absolute atomic E-state index is 0.0854. The van der Waals surface area contributed by atoms with Crippen LogP contribution < -0.4 is 11.1 Å². The number of nitrogens with two attached hydrogens (primary N) is 1. The van der Waals surface area contributed by atoms with Crippen LogP contribution in [0.4, 0.5) is 4.79 Å². The highest BCUT2D eigenvalue weighted by Gasteiger charge is 2.51. The summed E-state index contributed by atoms with van der Waals surface area (Å²) >= 11 is 0. The fraction of sp³-hybridized carbons (Fsp3) is 0.594. The lowest BCUT2D eigenvalue weighted by molar-refractivity contribution is -0.277. The molecule has 3 heterocycles. The minimum atomic E-state index is -1.31. The van der Waals surface area contributed by atoms with Gasteiger partial charge in [-0.25, -0.2) is 4.79 Å². The molecule has 0 aromatic heterocycles. The van der Waals surface area contributed by atoms with Crippen molar-refractivity contribution >= 4 is 6.09 Å². The topological polar surface area (TPSA) is 180 Å². The maximum Gasteiger partial charge on any atom is 0.408 e. The number of amides is 1. The van der Waals surface area contributed by atoms with Crippen LogP contribution in [0.3, 0.4) is 0 Å². The summed E-state index contributed by atoms with van der Waals surface area (Å²) in [5.41, 5.74) is 7.12. The Morgan fingerprint density at radius 3 is 2.56 bits per heavy atom. The lowest BCUT2D eigenvalue weighted by Gasteiger charge is -2.45. The van der Waals surface area contributed by atoms with E-state index < -0.39 is 80.3 Å². The number of alkyl carbamates (subject to hydrolysis) is 1. The van der Waals surface area contributed by atoms with Crippen LogP contribution in [0.1, 0.15) is 32.3 Å². The molecular formula is C32H44N2O11. The van der Waals surface area contributed by atoms with Gasteiger partial charge in [0.2, 0.25) is 6.29 Å². The summed E-state index contributed by atoms with van der Waals surface area (Å²) in [5.74, 6) is 0.290. The first-order valence-corrected chi connectivity index (χ1v) is 15.4. The SMILES string of the molecule is CC=C1C=CC(NC(=O)OCc2ccccc2)C(OC2C(C)CC(N)C(O)C2OC2OC(CO)C(OC3CC=CCO3)C2O)O1. The highest BCUT2D eigenvalue weighted by molar-refractivity contribution is 5.68. The van der Waals surface area contributed by atoms with E-state index in [1.807, 2.05) is 49.4 Å².